The number of aromatic amines is 1. The highest BCUT2D eigenvalue weighted by molar-refractivity contribution is 14.0. The standard InChI is InChI=1S/C24H31FN4O.HI/c1-26-24(27-13-5-6-15-30-16-12-19-7-3-2-4-8-19)28-14-11-20-18-29-23-17-21(25)9-10-22(20)23;/h2-4,7-10,17-18,29H,5-6,11-16H2,1H3,(H2,26,27,28);1H. The van der Waals surface area contributed by atoms with Crippen molar-refractivity contribution in [2.24, 2.45) is 4.99 Å². The van der Waals surface area contributed by atoms with Gasteiger partial charge in [0.25, 0.3) is 0 Å². The Morgan fingerprint density at radius 3 is 2.61 bits per heavy atom. The zero-order chi connectivity index (χ0) is 21.0. The summed E-state index contributed by atoms with van der Waals surface area (Å²) in [7, 11) is 1.77. The lowest BCUT2D eigenvalue weighted by Crippen LogP contribution is -2.38. The van der Waals surface area contributed by atoms with Crippen LogP contribution in [0.1, 0.15) is 24.0 Å². The van der Waals surface area contributed by atoms with Gasteiger partial charge in [-0.1, -0.05) is 30.3 Å². The largest absolute Gasteiger partial charge is 0.381 e. The van der Waals surface area contributed by atoms with E-state index in [1.54, 1.807) is 7.05 Å². The molecule has 0 saturated carbocycles. The third-order valence-electron chi connectivity index (χ3n) is 5.03. The number of aromatic nitrogens is 1. The highest BCUT2D eigenvalue weighted by atomic mass is 127. The van der Waals surface area contributed by atoms with Gasteiger partial charge in [-0.3, -0.25) is 4.99 Å². The number of halogens is 2. The molecule has 0 aliphatic carbocycles. The van der Waals surface area contributed by atoms with Gasteiger partial charge in [-0.05, 0) is 55.0 Å². The van der Waals surface area contributed by atoms with Crippen LogP contribution in [0.5, 0.6) is 0 Å². The lowest BCUT2D eigenvalue weighted by atomic mass is 10.1. The number of fused-ring (bicyclic) bond motifs is 1. The maximum atomic E-state index is 13.3. The molecule has 0 unspecified atom stereocenters. The minimum atomic E-state index is -0.222. The minimum Gasteiger partial charge on any atom is -0.381 e. The van der Waals surface area contributed by atoms with Crippen molar-refractivity contribution in [2.45, 2.75) is 25.7 Å². The predicted molar refractivity (Wildman–Crippen MR) is 137 cm³/mol. The zero-order valence-corrected chi connectivity index (χ0v) is 20.3. The summed E-state index contributed by atoms with van der Waals surface area (Å²) in [6.07, 6.45) is 5.78. The van der Waals surface area contributed by atoms with Gasteiger partial charge in [-0.2, -0.15) is 0 Å². The molecule has 0 atom stereocenters. The summed E-state index contributed by atoms with van der Waals surface area (Å²) in [4.78, 5) is 7.40. The molecule has 5 nitrogen and oxygen atoms in total. The Morgan fingerprint density at radius 1 is 1.00 bits per heavy atom. The van der Waals surface area contributed by atoms with Crippen LogP contribution >= 0.6 is 24.0 Å². The summed E-state index contributed by atoms with van der Waals surface area (Å²) in [5.74, 6) is 0.575. The maximum Gasteiger partial charge on any atom is 0.190 e. The second-order valence-corrected chi connectivity index (χ2v) is 7.23. The second-order valence-electron chi connectivity index (χ2n) is 7.23. The van der Waals surface area contributed by atoms with Crippen LogP contribution in [0.2, 0.25) is 0 Å². The van der Waals surface area contributed by atoms with Gasteiger partial charge in [0.15, 0.2) is 5.96 Å². The van der Waals surface area contributed by atoms with Crippen molar-refractivity contribution in [3.05, 3.63) is 71.7 Å². The SMILES string of the molecule is CN=C(NCCCCOCCc1ccccc1)NCCc1c[nH]c2cc(F)ccc12.I. The van der Waals surface area contributed by atoms with Crippen LogP contribution in [0.25, 0.3) is 10.9 Å². The molecule has 168 valence electrons. The van der Waals surface area contributed by atoms with Crippen LogP contribution in [0.4, 0.5) is 4.39 Å². The number of H-pyrrole nitrogens is 1. The van der Waals surface area contributed by atoms with E-state index in [2.05, 4.69) is 44.9 Å². The third-order valence-corrected chi connectivity index (χ3v) is 5.03. The monoisotopic (exact) mass is 538 g/mol. The van der Waals surface area contributed by atoms with Gasteiger partial charge in [0.1, 0.15) is 5.82 Å². The molecule has 3 rings (SSSR count). The average Bonchev–Trinajstić information content (AvgIpc) is 3.16. The van der Waals surface area contributed by atoms with Crippen LogP contribution in [-0.2, 0) is 17.6 Å². The van der Waals surface area contributed by atoms with Crippen LogP contribution in [0.3, 0.4) is 0 Å². The van der Waals surface area contributed by atoms with E-state index in [-0.39, 0.29) is 29.8 Å². The van der Waals surface area contributed by atoms with E-state index in [1.807, 2.05) is 18.3 Å². The van der Waals surface area contributed by atoms with Crippen molar-refractivity contribution in [1.29, 1.82) is 0 Å². The van der Waals surface area contributed by atoms with Crippen molar-refractivity contribution < 1.29 is 9.13 Å². The summed E-state index contributed by atoms with van der Waals surface area (Å²) in [5, 5.41) is 7.73. The summed E-state index contributed by atoms with van der Waals surface area (Å²) in [6.45, 7) is 3.16. The number of aliphatic imine (C=N–C) groups is 1. The molecule has 0 radical (unpaired) electrons. The first-order valence-corrected chi connectivity index (χ1v) is 10.6. The summed E-state index contributed by atoms with van der Waals surface area (Å²) < 4.78 is 19.0. The number of unbranched alkanes of at least 4 members (excludes halogenated alkanes) is 1. The molecular formula is C24H32FIN4O. The number of nitrogens with zero attached hydrogens (tertiary/aromatic N) is 1. The van der Waals surface area contributed by atoms with Gasteiger partial charge in [0.05, 0.1) is 6.61 Å². The molecule has 0 aliphatic rings. The van der Waals surface area contributed by atoms with Crippen LogP contribution < -0.4 is 10.6 Å². The van der Waals surface area contributed by atoms with Crippen molar-refractivity contribution in [1.82, 2.24) is 15.6 Å². The lowest BCUT2D eigenvalue weighted by Gasteiger charge is -2.12. The Morgan fingerprint density at radius 2 is 1.81 bits per heavy atom. The Hall–Kier alpha value is -2.13. The number of guanidine groups is 1. The number of nitrogens with one attached hydrogen (secondary N) is 3. The molecule has 0 saturated heterocycles. The van der Waals surface area contributed by atoms with Gasteiger partial charge in [0, 0.05) is 43.8 Å². The molecule has 0 amide bonds. The van der Waals surface area contributed by atoms with E-state index in [9.17, 15) is 4.39 Å². The Bertz CT molecular complexity index is 930. The number of benzene rings is 2. The molecule has 3 aromatic rings. The average molecular weight is 538 g/mol. The van der Waals surface area contributed by atoms with Crippen molar-refractivity contribution in [2.75, 3.05) is 33.4 Å². The predicted octanol–water partition coefficient (Wildman–Crippen LogP) is 4.67. The molecule has 2 aromatic carbocycles. The molecular weight excluding hydrogens is 506 g/mol. The van der Waals surface area contributed by atoms with Gasteiger partial charge in [-0.15, -0.1) is 24.0 Å². The lowest BCUT2D eigenvalue weighted by molar-refractivity contribution is 0.133. The molecule has 1 heterocycles. The fourth-order valence-electron chi connectivity index (χ4n) is 3.37. The van der Waals surface area contributed by atoms with Gasteiger partial charge in [-0.25, -0.2) is 4.39 Å². The van der Waals surface area contributed by atoms with E-state index >= 15 is 0 Å². The topological polar surface area (TPSA) is 61.4 Å². The maximum absolute atomic E-state index is 13.3. The van der Waals surface area contributed by atoms with E-state index in [1.165, 1.54) is 23.3 Å². The molecule has 31 heavy (non-hydrogen) atoms. The van der Waals surface area contributed by atoms with Crippen molar-refractivity contribution in [3.63, 3.8) is 0 Å². The summed E-state index contributed by atoms with van der Waals surface area (Å²) in [6, 6.07) is 15.3. The first kappa shape index (κ1) is 25.1. The fraction of sp³-hybridized carbons (Fsp3) is 0.375. The smallest absolute Gasteiger partial charge is 0.190 e. The number of rotatable bonds is 11. The van der Waals surface area contributed by atoms with Gasteiger partial charge in [0.2, 0.25) is 0 Å². The number of hydrogen-bond donors (Lipinski definition) is 3. The normalized spacial score (nSPS) is 11.4. The Kier molecular flexibility index (Phi) is 11.4. The zero-order valence-electron chi connectivity index (χ0n) is 18.0. The number of ether oxygens (including phenoxy) is 1. The highest BCUT2D eigenvalue weighted by Gasteiger charge is 2.05. The summed E-state index contributed by atoms with van der Waals surface area (Å²) >= 11 is 0. The van der Waals surface area contributed by atoms with E-state index in [4.69, 9.17) is 4.74 Å². The molecule has 1 aromatic heterocycles. The third kappa shape index (κ3) is 8.49. The van der Waals surface area contributed by atoms with Gasteiger partial charge >= 0.3 is 0 Å². The molecule has 0 fully saturated rings. The molecule has 3 N–H and O–H groups in total. The Balaban J connectivity index is 0.00000341. The van der Waals surface area contributed by atoms with Crippen LogP contribution in [-0.4, -0.2) is 44.3 Å². The number of hydrogen-bond acceptors (Lipinski definition) is 2. The molecule has 0 aliphatic heterocycles. The van der Waals surface area contributed by atoms with Crippen LogP contribution in [0, 0.1) is 5.82 Å². The fourth-order valence-corrected chi connectivity index (χ4v) is 3.37. The van der Waals surface area contributed by atoms with E-state index in [0.29, 0.717) is 0 Å². The van der Waals surface area contributed by atoms with Crippen molar-refractivity contribution >= 4 is 40.8 Å². The highest BCUT2D eigenvalue weighted by Crippen LogP contribution is 2.19. The first-order valence-electron chi connectivity index (χ1n) is 10.6. The summed E-state index contributed by atoms with van der Waals surface area (Å²) in [5.41, 5.74) is 3.31. The Labute approximate surface area is 200 Å². The van der Waals surface area contributed by atoms with Crippen molar-refractivity contribution in [3.8, 4) is 0 Å². The van der Waals surface area contributed by atoms with Crippen LogP contribution in [0.15, 0.2) is 59.7 Å². The molecule has 0 spiro atoms. The minimum absolute atomic E-state index is 0. The quantitative estimate of drug-likeness (QED) is 0.144. The van der Waals surface area contributed by atoms with Gasteiger partial charge < -0.3 is 20.4 Å². The van der Waals surface area contributed by atoms with E-state index in [0.717, 1.165) is 68.8 Å². The van der Waals surface area contributed by atoms with E-state index < -0.39 is 0 Å². The molecule has 7 heteroatoms. The second kappa shape index (κ2) is 14.0. The first-order chi connectivity index (χ1) is 14.8. The molecule has 0 bridgehead atoms.